The zero-order valence-electron chi connectivity index (χ0n) is 19.0. The van der Waals surface area contributed by atoms with Gasteiger partial charge >= 0.3 is 0 Å². The Morgan fingerprint density at radius 1 is 1.27 bits per heavy atom. The highest BCUT2D eigenvalue weighted by Crippen LogP contribution is 2.39. The van der Waals surface area contributed by atoms with Crippen LogP contribution in [0, 0.1) is 0 Å². The summed E-state index contributed by atoms with van der Waals surface area (Å²) in [5, 5.41) is 7.14. The van der Waals surface area contributed by atoms with Crippen molar-refractivity contribution in [2.45, 2.75) is 44.5 Å². The molecule has 5 rings (SSSR count). The topological polar surface area (TPSA) is 92.5 Å². The van der Waals surface area contributed by atoms with Crippen molar-refractivity contribution in [1.82, 2.24) is 9.88 Å². The maximum atomic E-state index is 11.7. The zero-order valence-corrected chi connectivity index (χ0v) is 19.7. The van der Waals surface area contributed by atoms with Gasteiger partial charge in [-0.05, 0) is 63.1 Å². The summed E-state index contributed by atoms with van der Waals surface area (Å²) in [5.74, 6) is 0.985. The van der Waals surface area contributed by atoms with Crippen LogP contribution >= 0.6 is 11.6 Å². The van der Waals surface area contributed by atoms with Crippen LogP contribution in [-0.2, 0) is 10.2 Å². The molecule has 0 radical (unpaired) electrons. The summed E-state index contributed by atoms with van der Waals surface area (Å²) in [7, 11) is 2.17. The van der Waals surface area contributed by atoms with Crippen molar-refractivity contribution in [2.24, 2.45) is 5.73 Å². The van der Waals surface area contributed by atoms with Gasteiger partial charge in [0.05, 0.1) is 21.8 Å². The molecule has 2 unspecified atom stereocenters. The molecule has 4 N–H and O–H groups in total. The SMILES string of the molecule is CN1CCC2=CC(c3nc4c(cc3Cl)NC(Oc3ccc(C(C)(C)C(N)=O)cc3)N4)=CCC21. The molecule has 2 atom stereocenters. The molecule has 1 fully saturated rings. The Morgan fingerprint density at radius 3 is 2.76 bits per heavy atom. The summed E-state index contributed by atoms with van der Waals surface area (Å²) < 4.78 is 6.03. The number of hydrogen-bond acceptors (Lipinski definition) is 6. The smallest absolute Gasteiger partial charge is 0.249 e. The second kappa shape index (κ2) is 8.08. The third-order valence-electron chi connectivity index (χ3n) is 6.86. The van der Waals surface area contributed by atoms with Gasteiger partial charge < -0.3 is 21.1 Å². The van der Waals surface area contributed by atoms with Crippen LogP contribution in [0.5, 0.6) is 5.75 Å². The minimum atomic E-state index is -0.743. The number of likely N-dealkylation sites (tertiary alicyclic amines) is 1. The van der Waals surface area contributed by atoms with Gasteiger partial charge in [-0.15, -0.1) is 0 Å². The Bertz CT molecular complexity index is 1170. The Kier molecular flexibility index (Phi) is 5.34. The molecule has 1 saturated heterocycles. The maximum Gasteiger partial charge on any atom is 0.249 e. The molecule has 2 aliphatic heterocycles. The number of nitrogens with two attached hydrogens (primary N) is 1. The summed E-state index contributed by atoms with van der Waals surface area (Å²) in [4.78, 5) is 18.9. The third kappa shape index (κ3) is 3.96. The maximum absolute atomic E-state index is 11.7. The fourth-order valence-electron chi connectivity index (χ4n) is 4.57. The van der Waals surface area contributed by atoms with E-state index in [1.807, 2.05) is 30.3 Å². The number of pyridine rings is 1. The normalized spacial score (nSPS) is 21.9. The highest BCUT2D eigenvalue weighted by Gasteiger charge is 2.30. The number of allylic oxidation sites excluding steroid dienone is 2. The molecule has 0 saturated carbocycles. The predicted molar refractivity (Wildman–Crippen MR) is 131 cm³/mol. The Labute approximate surface area is 198 Å². The number of nitrogens with zero attached hydrogens (tertiary/aromatic N) is 2. The Balaban J connectivity index is 1.30. The number of amides is 1. The van der Waals surface area contributed by atoms with Crippen LogP contribution in [-0.4, -0.2) is 41.8 Å². The molecule has 3 heterocycles. The molecular formula is C25H28ClN5O2. The molecule has 3 aliphatic rings. The number of ether oxygens (including phenoxy) is 1. The van der Waals surface area contributed by atoms with Crippen molar-refractivity contribution in [3.05, 3.63) is 64.3 Å². The first-order valence-corrected chi connectivity index (χ1v) is 11.5. The molecule has 8 heteroatoms. The average Bonchev–Trinajstić information content (AvgIpc) is 3.35. The summed E-state index contributed by atoms with van der Waals surface area (Å²) in [6.45, 7) is 4.70. The van der Waals surface area contributed by atoms with Gasteiger partial charge in [0.15, 0.2) is 5.82 Å². The van der Waals surface area contributed by atoms with E-state index in [1.165, 1.54) is 5.57 Å². The summed E-state index contributed by atoms with van der Waals surface area (Å²) in [6, 6.07) is 9.75. The van der Waals surface area contributed by atoms with Crippen LogP contribution in [0.2, 0.25) is 5.02 Å². The molecule has 1 aromatic heterocycles. The van der Waals surface area contributed by atoms with Crippen LogP contribution in [0.25, 0.3) is 5.57 Å². The van der Waals surface area contributed by atoms with Gasteiger partial charge in [-0.25, -0.2) is 4.98 Å². The van der Waals surface area contributed by atoms with Gasteiger partial charge in [-0.2, -0.15) is 0 Å². The first-order valence-electron chi connectivity index (χ1n) is 11.1. The van der Waals surface area contributed by atoms with E-state index in [4.69, 9.17) is 27.1 Å². The number of carbonyl (C=O) groups excluding carboxylic acids is 1. The molecule has 0 bridgehead atoms. The zero-order chi connectivity index (χ0) is 23.3. The monoisotopic (exact) mass is 465 g/mol. The molecule has 1 aliphatic carbocycles. The molecule has 33 heavy (non-hydrogen) atoms. The number of halogens is 1. The molecule has 172 valence electrons. The number of nitrogens with one attached hydrogen (secondary N) is 2. The molecule has 7 nitrogen and oxygen atoms in total. The number of aromatic nitrogens is 1. The summed E-state index contributed by atoms with van der Waals surface area (Å²) in [5.41, 5.74) is 9.70. The van der Waals surface area contributed by atoms with Crippen molar-refractivity contribution in [3.63, 3.8) is 0 Å². The quantitative estimate of drug-likeness (QED) is 0.615. The van der Waals surface area contributed by atoms with E-state index < -0.39 is 11.8 Å². The van der Waals surface area contributed by atoms with Gasteiger partial charge in [-0.3, -0.25) is 9.69 Å². The lowest BCUT2D eigenvalue weighted by Crippen LogP contribution is -2.35. The van der Waals surface area contributed by atoms with Crippen molar-refractivity contribution in [2.75, 3.05) is 24.2 Å². The van der Waals surface area contributed by atoms with Crippen molar-refractivity contribution in [3.8, 4) is 5.75 Å². The van der Waals surface area contributed by atoms with Crippen molar-refractivity contribution < 1.29 is 9.53 Å². The number of likely N-dealkylation sites (N-methyl/N-ethyl adjacent to an activating group) is 1. The highest BCUT2D eigenvalue weighted by molar-refractivity contribution is 6.32. The van der Waals surface area contributed by atoms with Gasteiger partial charge in [-0.1, -0.05) is 41.5 Å². The molecule has 0 spiro atoms. The first-order chi connectivity index (χ1) is 15.7. The number of primary amides is 1. The number of carbonyl (C=O) groups is 1. The molecule has 1 amide bonds. The van der Waals surface area contributed by atoms with E-state index in [1.54, 1.807) is 13.8 Å². The van der Waals surface area contributed by atoms with E-state index in [-0.39, 0.29) is 5.91 Å². The largest absolute Gasteiger partial charge is 0.452 e. The fraction of sp³-hybridized carbons (Fsp3) is 0.360. The van der Waals surface area contributed by atoms with E-state index in [2.05, 4.69) is 34.7 Å². The lowest BCUT2D eigenvalue weighted by molar-refractivity contribution is -0.122. The van der Waals surface area contributed by atoms with Crippen molar-refractivity contribution >= 4 is 34.6 Å². The summed E-state index contributed by atoms with van der Waals surface area (Å²) >= 11 is 6.62. The predicted octanol–water partition coefficient (Wildman–Crippen LogP) is 4.12. The third-order valence-corrected chi connectivity index (χ3v) is 7.15. The van der Waals surface area contributed by atoms with E-state index in [0.29, 0.717) is 22.6 Å². The average molecular weight is 466 g/mol. The second-order valence-electron chi connectivity index (χ2n) is 9.38. The van der Waals surface area contributed by atoms with Gasteiger partial charge in [0.1, 0.15) is 5.75 Å². The lowest BCUT2D eigenvalue weighted by atomic mass is 9.84. The van der Waals surface area contributed by atoms with Crippen LogP contribution < -0.4 is 21.1 Å². The van der Waals surface area contributed by atoms with Crippen LogP contribution in [0.3, 0.4) is 0 Å². The van der Waals surface area contributed by atoms with Gasteiger partial charge in [0, 0.05) is 12.6 Å². The Hall–Kier alpha value is -3.03. The molecular weight excluding hydrogens is 438 g/mol. The number of rotatable bonds is 5. The van der Waals surface area contributed by atoms with Gasteiger partial charge in [0.2, 0.25) is 12.3 Å². The Morgan fingerprint density at radius 2 is 2.03 bits per heavy atom. The first kappa shape index (κ1) is 21.8. The summed E-state index contributed by atoms with van der Waals surface area (Å²) in [6.07, 6.45) is 6.05. The fourth-order valence-corrected chi connectivity index (χ4v) is 4.83. The minimum Gasteiger partial charge on any atom is -0.452 e. The van der Waals surface area contributed by atoms with Crippen LogP contribution in [0.1, 0.15) is 37.9 Å². The lowest BCUT2D eigenvalue weighted by Gasteiger charge is -2.23. The number of anilines is 2. The van der Waals surface area contributed by atoms with E-state index in [9.17, 15) is 4.79 Å². The number of hydrogen-bond donors (Lipinski definition) is 3. The number of benzene rings is 1. The highest BCUT2D eigenvalue weighted by atomic mass is 35.5. The molecule has 1 aromatic carbocycles. The van der Waals surface area contributed by atoms with E-state index >= 15 is 0 Å². The minimum absolute atomic E-state index is 0.372. The standard InChI is InChI=1S/C25H28ClN5O2/c1-25(2,23(27)32)16-5-7-17(8-6-16)33-24-28-19-13-18(26)21(29-22(19)30-24)15-4-9-20-14(12-15)10-11-31(20)3/h4-8,12-13,20,24,28H,9-11H2,1-3H3,(H2,27,32)(H,29,30). The van der Waals surface area contributed by atoms with E-state index in [0.717, 1.165) is 41.9 Å². The van der Waals surface area contributed by atoms with Crippen LogP contribution in [0.15, 0.2) is 48.1 Å². The number of fused-ring (bicyclic) bond motifs is 2. The second-order valence-corrected chi connectivity index (χ2v) is 9.78. The van der Waals surface area contributed by atoms with Crippen LogP contribution in [0.4, 0.5) is 11.5 Å². The van der Waals surface area contributed by atoms with Crippen molar-refractivity contribution in [1.29, 1.82) is 0 Å². The van der Waals surface area contributed by atoms with Gasteiger partial charge in [0.25, 0.3) is 0 Å². The molecule has 2 aromatic rings.